The molecule has 0 amide bonds. The summed E-state index contributed by atoms with van der Waals surface area (Å²) < 4.78 is 35.8. The van der Waals surface area contributed by atoms with Crippen LogP contribution < -0.4 is 0 Å². The summed E-state index contributed by atoms with van der Waals surface area (Å²) in [5, 5.41) is 5.62. The Morgan fingerprint density at radius 1 is 0.326 bits per heavy atom. The number of carbonyl (C=O) groups excluding carboxylic acids is 2. The maximum Gasteiger partial charge on any atom is 0.202 e. The highest BCUT2D eigenvalue weighted by atomic mass is 32.1. The number of aliphatic imine (C=N–C) groups is 1. The molecule has 9 aromatic heterocycles. The van der Waals surface area contributed by atoms with Gasteiger partial charge in [0, 0.05) is 36.3 Å². The van der Waals surface area contributed by atoms with E-state index < -0.39 is 0 Å². The van der Waals surface area contributed by atoms with Crippen LogP contribution in [0.1, 0.15) is 332 Å². The summed E-state index contributed by atoms with van der Waals surface area (Å²) in [6.45, 7) is 50.7. The van der Waals surface area contributed by atoms with E-state index in [0.29, 0.717) is 71.5 Å². The summed E-state index contributed by atoms with van der Waals surface area (Å²) in [5.41, 5.74) is 27.8. The number of thiazole rings is 3. The summed E-state index contributed by atoms with van der Waals surface area (Å²) in [5.74, 6) is 7.08. The van der Waals surface area contributed by atoms with Crippen molar-refractivity contribution in [3.63, 3.8) is 0 Å². The largest absolute Gasteiger partial charge is 0.464 e. The monoisotopic (exact) mass is 1880 g/mol. The van der Waals surface area contributed by atoms with Crippen LogP contribution in [0.5, 0.6) is 0 Å². The highest BCUT2D eigenvalue weighted by Crippen LogP contribution is 2.32. The fraction of sp³-hybridized carbons (Fsp3) is 0.359. The van der Waals surface area contributed by atoms with Crippen LogP contribution in [0.15, 0.2) is 268 Å². The van der Waals surface area contributed by atoms with Crippen molar-refractivity contribution in [1.82, 2.24) is 29.9 Å². The Morgan fingerprint density at radius 2 is 0.741 bits per heavy atom. The second-order valence-electron chi connectivity index (χ2n) is 35.8. The number of fused-ring (bicyclic) bond motifs is 9. The number of Topliss-reactive ketones (excluding diaryl/α,β-unsaturated/α-hetero) is 2. The van der Waals surface area contributed by atoms with E-state index in [-0.39, 0.29) is 55.1 Å². The molecule has 15 nitrogen and oxygen atoms in total. The minimum Gasteiger partial charge on any atom is -0.464 e. The zero-order chi connectivity index (χ0) is 94.0. The molecular formula is C117H149N7O8S3. The lowest BCUT2D eigenvalue weighted by Crippen LogP contribution is -1.95. The van der Waals surface area contributed by atoms with Crippen molar-refractivity contribution in [1.29, 1.82) is 0 Å². The molecule has 0 unspecified atom stereocenters. The zero-order valence-electron chi connectivity index (χ0n) is 80.4. The highest BCUT2D eigenvalue weighted by Gasteiger charge is 2.14. The number of aryl methyl sites for hydroxylation is 2. The Balaban J connectivity index is 0.000000264. The molecular weight excluding hydrogens is 1730 g/mol. The van der Waals surface area contributed by atoms with Crippen LogP contribution in [0.3, 0.4) is 0 Å². The molecule has 19 aromatic rings. The Labute approximate surface area is 816 Å². The third-order valence-corrected chi connectivity index (χ3v) is 24.5. The van der Waals surface area contributed by atoms with Gasteiger partial charge >= 0.3 is 0 Å². The van der Waals surface area contributed by atoms with Crippen LogP contribution in [0.2, 0.25) is 0 Å². The van der Waals surface area contributed by atoms with Gasteiger partial charge in [-0.05, 0) is 256 Å². The maximum absolute atomic E-state index is 11.0. The van der Waals surface area contributed by atoms with Crippen molar-refractivity contribution in [3.8, 4) is 0 Å². The second-order valence-corrected chi connectivity index (χ2v) is 39.0. The molecule has 0 atom stereocenters. The summed E-state index contributed by atoms with van der Waals surface area (Å²) in [7, 11) is 1.79. The van der Waals surface area contributed by atoms with E-state index in [4.69, 9.17) is 26.5 Å². The van der Waals surface area contributed by atoms with Crippen LogP contribution in [0, 0.1) is 13.8 Å². The van der Waals surface area contributed by atoms with Crippen molar-refractivity contribution in [2.75, 3.05) is 7.05 Å². The molecule has 135 heavy (non-hydrogen) atoms. The molecule has 0 aliphatic heterocycles. The molecule has 0 fully saturated rings. The minimum atomic E-state index is 0. The summed E-state index contributed by atoms with van der Waals surface area (Å²) >= 11 is 5.09. The number of ketones is 2. The third kappa shape index (κ3) is 33.7. The molecule has 0 bridgehead atoms. The zero-order valence-corrected chi connectivity index (χ0v) is 82.9. The van der Waals surface area contributed by atoms with Crippen LogP contribution in [0.25, 0.3) is 96.9 Å². The van der Waals surface area contributed by atoms with Gasteiger partial charge in [-0.15, -0.1) is 34.0 Å². The Kier molecular flexibility index (Phi) is 45.7. The molecule has 0 saturated carbocycles. The predicted molar refractivity (Wildman–Crippen MR) is 582 cm³/mol. The summed E-state index contributed by atoms with van der Waals surface area (Å²) in [6, 6.07) is 71.3. The van der Waals surface area contributed by atoms with Crippen molar-refractivity contribution in [2.45, 2.75) is 275 Å². The molecule has 9 heterocycles. The van der Waals surface area contributed by atoms with Crippen LogP contribution in [0.4, 0.5) is 0 Å². The molecule has 0 spiro atoms. The molecule has 0 aliphatic rings. The molecule has 0 radical (unpaired) electrons. The quantitative estimate of drug-likeness (QED) is 0.0877. The van der Waals surface area contributed by atoms with Gasteiger partial charge in [0.05, 0.1) is 72.8 Å². The number of aromatic nitrogens is 6. The SMILES string of the molecule is C.C.C.C.C.CC(=O)Cc1nc2cc(C(C)C)ccc2o1.CC(=O)Cc1nc2cc(C(C)C)ccc2s1.CC(C)c1ccc2ccoc2c1.CC(C)c1ccc2ccoc2c1.CC(C)c1ccc2ncoc2c1.CC(C)c1ccc2ncsc2c1.CC(C)c1ccc2occc2c1.CN=Cc1ccc(C(C)C)cc1.Cc1nc2ccc(C(C)C)cc2o1.Cc1nc2ccc(C(C)C)cc2s1. The smallest absolute Gasteiger partial charge is 0.202 e. The van der Waals surface area contributed by atoms with Gasteiger partial charge in [0.2, 0.25) is 5.89 Å². The van der Waals surface area contributed by atoms with E-state index in [1.54, 1.807) is 66.8 Å². The fourth-order valence-electron chi connectivity index (χ4n) is 13.7. The van der Waals surface area contributed by atoms with Gasteiger partial charge in [-0.2, -0.15) is 0 Å². The highest BCUT2D eigenvalue weighted by molar-refractivity contribution is 7.19. The molecule has 18 heteroatoms. The molecule has 10 aromatic carbocycles. The number of carbonyl (C=O) groups is 2. The number of hydrogen-bond acceptors (Lipinski definition) is 18. The first-order valence-corrected chi connectivity index (χ1v) is 47.7. The lowest BCUT2D eigenvalue weighted by Gasteiger charge is -2.03. The van der Waals surface area contributed by atoms with E-state index in [9.17, 15) is 9.59 Å². The fourth-order valence-corrected chi connectivity index (χ4v) is 16.3. The van der Waals surface area contributed by atoms with Crippen LogP contribution >= 0.6 is 34.0 Å². The lowest BCUT2D eigenvalue weighted by atomic mass is 10.0. The van der Waals surface area contributed by atoms with E-state index >= 15 is 0 Å². The van der Waals surface area contributed by atoms with Crippen LogP contribution in [-0.4, -0.2) is 54.7 Å². The van der Waals surface area contributed by atoms with Gasteiger partial charge in [0.15, 0.2) is 29.0 Å². The minimum absolute atomic E-state index is 0. The van der Waals surface area contributed by atoms with Crippen LogP contribution in [-0.2, 0) is 22.4 Å². The van der Waals surface area contributed by atoms with Crippen molar-refractivity contribution >= 4 is 149 Å². The summed E-state index contributed by atoms with van der Waals surface area (Å²) in [6.07, 6.45) is 9.26. The average Bonchev–Trinajstić information content (AvgIpc) is 1.68. The average molecular weight is 1880 g/mol. The standard InChI is InChI=1S/C13H15NO2.C13H15NOS.C11H13NO.C11H13NS.C11H15N.3C11H12O.C10H11NO.C10H11NS.5CH4/c2*1-8(2)10-4-5-12-11(7-10)14-13(16-12)6-9(3)15;2*1-7(2)9-4-5-10-11(6-9)13-8(3)12-10;1-9(2)11-6-4-10(5-7-11)8-12-3;1-8(2)9-3-4-11-10(7-9)5-6-12-11;2*1-8(2)10-4-3-9-5-6-12-11(9)7-10;2*1-7(2)8-3-4-9-10(5-8)12-6-11-9;;;;;/h2*4-5,7-8H,6H2,1-3H3;2*4-7H,1-3H3;4-9H,1-3H3;3*3-8H,1-2H3;2*3-7H,1-2H3;5*1H4. The third-order valence-electron chi connectivity index (χ3n) is 21.8. The number of benzene rings is 10. The van der Waals surface area contributed by atoms with E-state index in [1.165, 1.54) is 105 Å². The first-order valence-electron chi connectivity index (χ1n) is 45.2. The topological polar surface area (TPSA) is 203 Å². The molecule has 19 rings (SSSR count). The second kappa shape index (κ2) is 54.5. The Bertz CT molecular complexity index is 6170. The van der Waals surface area contributed by atoms with Gasteiger partial charge in [0.1, 0.15) is 49.9 Å². The molecule has 0 saturated heterocycles. The van der Waals surface area contributed by atoms with E-state index in [1.807, 2.05) is 79.3 Å². The predicted octanol–water partition coefficient (Wildman–Crippen LogP) is 36.7. The molecule has 0 N–H and O–H groups in total. The number of hydrogen-bond donors (Lipinski definition) is 0. The van der Waals surface area contributed by atoms with E-state index in [2.05, 4.69) is 326 Å². The Hall–Kier alpha value is -12.1. The van der Waals surface area contributed by atoms with Gasteiger partial charge in [-0.25, -0.2) is 29.9 Å². The van der Waals surface area contributed by atoms with Gasteiger partial charge in [0.25, 0.3) is 0 Å². The van der Waals surface area contributed by atoms with Crippen molar-refractivity contribution < 1.29 is 36.1 Å². The van der Waals surface area contributed by atoms with Gasteiger partial charge < -0.3 is 26.5 Å². The van der Waals surface area contributed by atoms with E-state index in [0.717, 1.165) is 82.5 Å². The normalized spacial score (nSPS) is 10.9. The first kappa shape index (κ1) is 113. The van der Waals surface area contributed by atoms with Crippen molar-refractivity contribution in [3.05, 3.63) is 320 Å². The lowest BCUT2D eigenvalue weighted by molar-refractivity contribution is -0.117. The number of nitrogens with zero attached hydrogens (tertiary/aromatic N) is 7. The maximum atomic E-state index is 11.0. The van der Waals surface area contributed by atoms with Gasteiger partial charge in [-0.3, -0.25) is 14.6 Å². The first-order chi connectivity index (χ1) is 62.0. The number of rotatable bonds is 15. The van der Waals surface area contributed by atoms with Gasteiger partial charge in [-0.1, -0.05) is 267 Å². The Morgan fingerprint density at radius 3 is 1.26 bits per heavy atom. The number of furan rings is 3. The molecule has 718 valence electrons. The summed E-state index contributed by atoms with van der Waals surface area (Å²) in [4.78, 5) is 51.7. The van der Waals surface area contributed by atoms with Crippen molar-refractivity contribution in [2.24, 2.45) is 4.99 Å². The number of oxazole rings is 3. The molecule has 0 aliphatic carbocycles.